The normalized spacial score (nSPS) is 11.7. The van der Waals surface area contributed by atoms with E-state index < -0.39 is 0 Å². The molecule has 0 bridgehead atoms. The predicted molar refractivity (Wildman–Crippen MR) is 77.5 cm³/mol. The molecule has 0 spiro atoms. The van der Waals surface area contributed by atoms with Crippen molar-refractivity contribution in [2.45, 2.75) is 13.0 Å². The van der Waals surface area contributed by atoms with E-state index in [4.69, 9.17) is 10.5 Å². The third-order valence-electron chi connectivity index (χ3n) is 3.00. The fourth-order valence-electron chi connectivity index (χ4n) is 1.89. The van der Waals surface area contributed by atoms with Crippen molar-refractivity contribution >= 4 is 11.6 Å². The van der Waals surface area contributed by atoms with Crippen molar-refractivity contribution < 1.29 is 9.53 Å². The van der Waals surface area contributed by atoms with Crippen molar-refractivity contribution in [1.82, 2.24) is 10.3 Å². The van der Waals surface area contributed by atoms with Gasteiger partial charge in [0, 0.05) is 24.1 Å². The number of hydrogen-bond donors (Lipinski definition) is 2. The lowest BCUT2D eigenvalue weighted by molar-refractivity contribution is 0.0937. The second-order valence-electron chi connectivity index (χ2n) is 4.44. The maximum Gasteiger partial charge on any atom is 0.255 e. The molecule has 3 N–H and O–H groups in total. The summed E-state index contributed by atoms with van der Waals surface area (Å²) < 4.78 is 5.18. The van der Waals surface area contributed by atoms with Gasteiger partial charge in [0.2, 0.25) is 0 Å². The van der Waals surface area contributed by atoms with Gasteiger partial charge in [-0.25, -0.2) is 0 Å². The van der Waals surface area contributed by atoms with Crippen LogP contribution in [0.25, 0.3) is 0 Å². The van der Waals surface area contributed by atoms with Crippen LogP contribution >= 0.6 is 0 Å². The van der Waals surface area contributed by atoms with Crippen molar-refractivity contribution in [2.24, 2.45) is 0 Å². The Balaban J connectivity index is 2.16. The second kappa shape index (κ2) is 6.06. The number of ether oxygens (including phenoxy) is 1. The number of nitrogens with zero attached hydrogens (tertiary/aromatic N) is 1. The van der Waals surface area contributed by atoms with E-state index in [1.165, 1.54) is 7.11 Å². The Labute approximate surface area is 117 Å². The van der Waals surface area contributed by atoms with Crippen molar-refractivity contribution in [3.63, 3.8) is 0 Å². The number of nitrogen functional groups attached to an aromatic ring is 1. The fraction of sp³-hybridized carbons (Fsp3) is 0.200. The maximum atomic E-state index is 12.3. The van der Waals surface area contributed by atoms with Gasteiger partial charge >= 0.3 is 0 Å². The molecule has 5 nitrogen and oxygen atoms in total. The van der Waals surface area contributed by atoms with Crippen LogP contribution in [0.15, 0.2) is 42.7 Å². The second-order valence-corrected chi connectivity index (χ2v) is 4.44. The molecule has 0 aliphatic heterocycles. The first-order valence-corrected chi connectivity index (χ1v) is 6.26. The Morgan fingerprint density at radius 1 is 1.40 bits per heavy atom. The van der Waals surface area contributed by atoms with Crippen molar-refractivity contribution in [2.75, 3.05) is 12.8 Å². The van der Waals surface area contributed by atoms with Gasteiger partial charge in [-0.05, 0) is 30.7 Å². The molecule has 104 valence electrons. The number of rotatable bonds is 4. The smallest absolute Gasteiger partial charge is 0.255 e. The first kappa shape index (κ1) is 13.9. The van der Waals surface area contributed by atoms with Crippen LogP contribution in [0.1, 0.15) is 28.9 Å². The fourth-order valence-corrected chi connectivity index (χ4v) is 1.89. The van der Waals surface area contributed by atoms with E-state index in [9.17, 15) is 4.79 Å². The average Bonchev–Trinajstić information content (AvgIpc) is 2.47. The number of hydrogen-bond acceptors (Lipinski definition) is 4. The number of pyridine rings is 1. The summed E-state index contributed by atoms with van der Waals surface area (Å²) in [6.45, 7) is 1.90. The Morgan fingerprint density at radius 3 is 2.85 bits per heavy atom. The Bertz CT molecular complexity index is 599. The van der Waals surface area contributed by atoms with Crippen LogP contribution in [0, 0.1) is 0 Å². The van der Waals surface area contributed by atoms with Gasteiger partial charge in [0.05, 0.1) is 18.7 Å². The number of methoxy groups -OCH3 is 1. The van der Waals surface area contributed by atoms with Gasteiger partial charge in [-0.15, -0.1) is 0 Å². The van der Waals surface area contributed by atoms with E-state index in [0.717, 1.165) is 5.56 Å². The van der Waals surface area contributed by atoms with Gasteiger partial charge in [0.15, 0.2) is 0 Å². The molecular weight excluding hydrogens is 254 g/mol. The van der Waals surface area contributed by atoms with Crippen LogP contribution in [0.4, 0.5) is 5.69 Å². The van der Waals surface area contributed by atoms with Crippen LogP contribution in [0.5, 0.6) is 5.75 Å². The summed E-state index contributed by atoms with van der Waals surface area (Å²) in [7, 11) is 1.51. The van der Waals surface area contributed by atoms with E-state index in [1.54, 1.807) is 30.6 Å². The SMILES string of the molecule is COc1cc(N)ccc1C(=O)N[C@@H](C)c1cccnc1. The average molecular weight is 271 g/mol. The summed E-state index contributed by atoms with van der Waals surface area (Å²) in [4.78, 5) is 16.3. The number of aromatic nitrogens is 1. The number of nitrogens with one attached hydrogen (secondary N) is 1. The summed E-state index contributed by atoms with van der Waals surface area (Å²) in [5.41, 5.74) is 7.63. The van der Waals surface area contributed by atoms with Crippen LogP contribution in [0.2, 0.25) is 0 Å². The number of amides is 1. The Kier molecular flexibility index (Phi) is 4.20. The largest absolute Gasteiger partial charge is 0.496 e. The minimum absolute atomic E-state index is 0.140. The van der Waals surface area contributed by atoms with Gasteiger partial charge in [0.1, 0.15) is 5.75 Å². The Morgan fingerprint density at radius 2 is 2.20 bits per heavy atom. The lowest BCUT2D eigenvalue weighted by Gasteiger charge is -2.15. The first-order chi connectivity index (χ1) is 9.61. The van der Waals surface area contributed by atoms with E-state index in [-0.39, 0.29) is 11.9 Å². The number of nitrogens with two attached hydrogens (primary N) is 1. The number of benzene rings is 1. The lowest BCUT2D eigenvalue weighted by atomic mass is 10.1. The van der Waals surface area contributed by atoms with Gasteiger partial charge in [0.25, 0.3) is 5.91 Å². The molecule has 2 aromatic rings. The molecule has 0 radical (unpaired) electrons. The van der Waals surface area contributed by atoms with Crippen LogP contribution in [-0.4, -0.2) is 18.0 Å². The molecule has 2 rings (SSSR count). The first-order valence-electron chi connectivity index (χ1n) is 6.26. The molecule has 0 aliphatic rings. The Hall–Kier alpha value is -2.56. The molecule has 5 heteroatoms. The van der Waals surface area contributed by atoms with Crippen molar-refractivity contribution in [3.05, 3.63) is 53.9 Å². The van der Waals surface area contributed by atoms with E-state index >= 15 is 0 Å². The molecule has 1 aromatic heterocycles. The lowest BCUT2D eigenvalue weighted by Crippen LogP contribution is -2.27. The highest BCUT2D eigenvalue weighted by Gasteiger charge is 2.15. The summed E-state index contributed by atoms with van der Waals surface area (Å²) in [5, 5.41) is 2.91. The van der Waals surface area contributed by atoms with E-state index in [1.807, 2.05) is 19.1 Å². The number of carbonyl (C=O) groups excluding carboxylic acids is 1. The predicted octanol–water partition coefficient (Wildman–Crippen LogP) is 2.16. The molecule has 0 aliphatic carbocycles. The molecule has 0 unspecified atom stereocenters. The van der Waals surface area contributed by atoms with Gasteiger partial charge in [-0.2, -0.15) is 0 Å². The highest BCUT2D eigenvalue weighted by Crippen LogP contribution is 2.22. The minimum Gasteiger partial charge on any atom is -0.496 e. The van der Waals surface area contributed by atoms with Gasteiger partial charge in [-0.3, -0.25) is 9.78 Å². The van der Waals surface area contributed by atoms with Crippen LogP contribution in [0.3, 0.4) is 0 Å². The van der Waals surface area contributed by atoms with Gasteiger partial charge in [-0.1, -0.05) is 6.07 Å². The topological polar surface area (TPSA) is 77.2 Å². The zero-order valence-corrected chi connectivity index (χ0v) is 11.5. The van der Waals surface area contributed by atoms with E-state index in [0.29, 0.717) is 17.0 Å². The number of anilines is 1. The van der Waals surface area contributed by atoms with Crippen LogP contribution in [-0.2, 0) is 0 Å². The molecule has 0 fully saturated rings. The highest BCUT2D eigenvalue weighted by molar-refractivity contribution is 5.97. The number of carbonyl (C=O) groups is 1. The van der Waals surface area contributed by atoms with E-state index in [2.05, 4.69) is 10.3 Å². The molecule has 20 heavy (non-hydrogen) atoms. The summed E-state index contributed by atoms with van der Waals surface area (Å²) >= 11 is 0. The zero-order chi connectivity index (χ0) is 14.5. The quantitative estimate of drug-likeness (QED) is 0.835. The molecule has 1 heterocycles. The van der Waals surface area contributed by atoms with Crippen molar-refractivity contribution in [1.29, 1.82) is 0 Å². The molecule has 1 aromatic carbocycles. The molecule has 0 saturated carbocycles. The monoisotopic (exact) mass is 271 g/mol. The maximum absolute atomic E-state index is 12.3. The third-order valence-corrected chi connectivity index (χ3v) is 3.00. The summed E-state index contributed by atoms with van der Waals surface area (Å²) in [6.07, 6.45) is 3.42. The molecule has 0 saturated heterocycles. The zero-order valence-electron chi connectivity index (χ0n) is 11.5. The summed E-state index contributed by atoms with van der Waals surface area (Å²) in [5.74, 6) is 0.249. The molecule has 1 atom stereocenters. The molecule has 1 amide bonds. The summed E-state index contributed by atoms with van der Waals surface area (Å²) in [6, 6.07) is 8.56. The third kappa shape index (κ3) is 3.06. The standard InChI is InChI=1S/C15H17N3O2/c1-10(11-4-3-7-17-9-11)18-15(19)13-6-5-12(16)8-14(13)20-2/h3-10H,16H2,1-2H3,(H,18,19)/t10-/m0/s1. The van der Waals surface area contributed by atoms with Crippen LogP contribution < -0.4 is 15.8 Å². The molecular formula is C15H17N3O2. The van der Waals surface area contributed by atoms with Crippen molar-refractivity contribution in [3.8, 4) is 5.75 Å². The van der Waals surface area contributed by atoms with Gasteiger partial charge < -0.3 is 15.8 Å². The minimum atomic E-state index is -0.210. The highest BCUT2D eigenvalue weighted by atomic mass is 16.5.